The predicted molar refractivity (Wildman–Crippen MR) is 125 cm³/mol. The smallest absolute Gasteiger partial charge is 0.327 e. The Kier molecular flexibility index (Phi) is 5.93. The second-order valence-electron chi connectivity index (χ2n) is 8.05. The normalized spacial score (nSPS) is 15.8. The van der Waals surface area contributed by atoms with Crippen molar-refractivity contribution in [3.63, 3.8) is 0 Å². The lowest BCUT2D eigenvalue weighted by Gasteiger charge is -2.35. The summed E-state index contributed by atoms with van der Waals surface area (Å²) in [5, 5.41) is 6.83. The maximum absolute atomic E-state index is 14.0. The van der Waals surface area contributed by atoms with Crippen LogP contribution >= 0.6 is 0 Å². The standard InChI is InChI=1S/C26H19F3N4O3/c1-14-22(25-31-24(32-36-25)16-6-3-7-17(27)9-16)23(15-5-4-8-21(10-15)35-2)30-26(34)33(14)20-12-18(28)11-19(29)13-20/h3-13,23H,1-2H3,(H,30,34). The van der Waals surface area contributed by atoms with Crippen molar-refractivity contribution in [2.45, 2.75) is 13.0 Å². The van der Waals surface area contributed by atoms with Gasteiger partial charge < -0.3 is 14.6 Å². The molecule has 2 amide bonds. The minimum atomic E-state index is -0.840. The average molecular weight is 492 g/mol. The van der Waals surface area contributed by atoms with Gasteiger partial charge in [-0.15, -0.1) is 0 Å². The summed E-state index contributed by atoms with van der Waals surface area (Å²) in [5.74, 6) is -1.41. The highest BCUT2D eigenvalue weighted by Gasteiger charge is 2.37. The van der Waals surface area contributed by atoms with E-state index in [-0.39, 0.29) is 17.4 Å². The number of aromatic nitrogens is 2. The Morgan fingerprint density at radius 2 is 1.72 bits per heavy atom. The van der Waals surface area contributed by atoms with Gasteiger partial charge in [0, 0.05) is 17.3 Å². The number of ether oxygens (including phenoxy) is 1. The van der Waals surface area contributed by atoms with Crippen molar-refractivity contribution in [3.05, 3.63) is 101 Å². The monoisotopic (exact) mass is 492 g/mol. The first kappa shape index (κ1) is 23.2. The fourth-order valence-electron chi connectivity index (χ4n) is 4.15. The van der Waals surface area contributed by atoms with Gasteiger partial charge in [-0.1, -0.05) is 29.4 Å². The van der Waals surface area contributed by atoms with Crippen LogP contribution < -0.4 is 15.0 Å². The van der Waals surface area contributed by atoms with E-state index >= 15 is 0 Å². The molecule has 1 unspecified atom stereocenters. The zero-order valence-corrected chi connectivity index (χ0v) is 19.1. The number of nitrogens with zero attached hydrogens (tertiary/aromatic N) is 3. The third-order valence-corrected chi connectivity index (χ3v) is 5.76. The number of hydrogen-bond acceptors (Lipinski definition) is 5. The van der Waals surface area contributed by atoms with Gasteiger partial charge in [0.05, 0.1) is 24.4 Å². The first-order valence-electron chi connectivity index (χ1n) is 10.9. The lowest BCUT2D eigenvalue weighted by molar-refractivity contribution is 0.244. The summed E-state index contributed by atoms with van der Waals surface area (Å²) in [6.07, 6.45) is 0. The van der Waals surface area contributed by atoms with Crippen LogP contribution in [-0.4, -0.2) is 23.3 Å². The number of methoxy groups -OCH3 is 1. The summed E-state index contributed by atoms with van der Waals surface area (Å²) in [7, 11) is 1.52. The summed E-state index contributed by atoms with van der Waals surface area (Å²) in [6.45, 7) is 1.61. The second kappa shape index (κ2) is 9.21. The molecule has 1 aromatic heterocycles. The number of anilines is 1. The summed E-state index contributed by atoms with van der Waals surface area (Å²) in [6, 6.07) is 14.2. The summed E-state index contributed by atoms with van der Waals surface area (Å²) < 4.78 is 52.6. The van der Waals surface area contributed by atoms with Crippen LogP contribution in [0, 0.1) is 17.5 Å². The Morgan fingerprint density at radius 1 is 0.972 bits per heavy atom. The van der Waals surface area contributed by atoms with E-state index in [9.17, 15) is 18.0 Å². The van der Waals surface area contributed by atoms with Crippen LogP contribution in [0.15, 0.2) is 77.0 Å². The molecular formula is C26H19F3N4O3. The van der Waals surface area contributed by atoms with Crippen molar-refractivity contribution in [3.8, 4) is 17.1 Å². The van der Waals surface area contributed by atoms with Crippen LogP contribution in [0.25, 0.3) is 17.0 Å². The van der Waals surface area contributed by atoms with Crippen LogP contribution in [0.5, 0.6) is 5.75 Å². The second-order valence-corrected chi connectivity index (χ2v) is 8.05. The maximum atomic E-state index is 14.0. The van der Waals surface area contributed by atoms with Crippen molar-refractivity contribution < 1.29 is 27.2 Å². The maximum Gasteiger partial charge on any atom is 0.327 e. The van der Waals surface area contributed by atoms with Gasteiger partial charge in [0.25, 0.3) is 5.89 Å². The first-order chi connectivity index (χ1) is 17.3. The highest BCUT2D eigenvalue weighted by Crippen LogP contribution is 2.40. The largest absolute Gasteiger partial charge is 0.497 e. The Labute approximate surface area is 203 Å². The molecule has 1 atom stereocenters. The van der Waals surface area contributed by atoms with Crippen LogP contribution in [-0.2, 0) is 0 Å². The van der Waals surface area contributed by atoms with Gasteiger partial charge >= 0.3 is 6.03 Å². The van der Waals surface area contributed by atoms with Crippen LogP contribution in [0.1, 0.15) is 24.4 Å². The van der Waals surface area contributed by atoms with Gasteiger partial charge in [-0.3, -0.25) is 4.90 Å². The van der Waals surface area contributed by atoms with E-state index in [0.29, 0.717) is 34.2 Å². The van der Waals surface area contributed by atoms with Gasteiger partial charge in [-0.25, -0.2) is 18.0 Å². The highest BCUT2D eigenvalue weighted by molar-refractivity contribution is 6.01. The molecular weight excluding hydrogens is 473 g/mol. The predicted octanol–water partition coefficient (Wildman–Crippen LogP) is 5.86. The van der Waals surface area contributed by atoms with Crippen molar-refractivity contribution in [2.24, 2.45) is 0 Å². The molecule has 36 heavy (non-hydrogen) atoms. The number of carbonyl (C=O) groups is 1. The SMILES string of the molecule is COc1cccc(C2NC(=O)N(c3cc(F)cc(F)c3)C(C)=C2c2nc(-c3cccc(F)c3)no2)c1. The average Bonchev–Trinajstić information content (AvgIpc) is 3.33. The molecule has 0 saturated heterocycles. The van der Waals surface area contributed by atoms with Gasteiger partial charge in [0.1, 0.15) is 23.2 Å². The Hall–Kier alpha value is -4.60. The van der Waals surface area contributed by atoms with Crippen molar-refractivity contribution in [1.82, 2.24) is 15.5 Å². The van der Waals surface area contributed by atoms with Gasteiger partial charge in [-0.2, -0.15) is 4.98 Å². The molecule has 7 nitrogen and oxygen atoms in total. The third kappa shape index (κ3) is 4.28. The van der Waals surface area contributed by atoms with Gasteiger partial charge in [-0.05, 0) is 48.9 Å². The van der Waals surface area contributed by atoms with Crippen LogP contribution in [0.3, 0.4) is 0 Å². The number of hydrogen-bond donors (Lipinski definition) is 1. The molecule has 0 aliphatic carbocycles. The number of benzene rings is 3. The highest BCUT2D eigenvalue weighted by atomic mass is 19.1. The molecule has 10 heteroatoms. The molecule has 3 aromatic carbocycles. The number of urea groups is 1. The summed E-state index contributed by atoms with van der Waals surface area (Å²) >= 11 is 0. The van der Waals surface area contributed by atoms with E-state index in [1.807, 2.05) is 0 Å². The summed E-state index contributed by atoms with van der Waals surface area (Å²) in [5.41, 5.74) is 1.72. The summed E-state index contributed by atoms with van der Waals surface area (Å²) in [4.78, 5) is 18.8. The third-order valence-electron chi connectivity index (χ3n) is 5.76. The molecule has 0 radical (unpaired) electrons. The number of nitrogens with one attached hydrogen (secondary N) is 1. The quantitative estimate of drug-likeness (QED) is 0.377. The number of halogens is 3. The Morgan fingerprint density at radius 3 is 2.44 bits per heavy atom. The van der Waals surface area contributed by atoms with E-state index in [1.54, 1.807) is 37.3 Å². The number of allylic oxidation sites excluding steroid dienone is 1. The number of carbonyl (C=O) groups excluding carboxylic acids is 1. The fraction of sp³-hybridized carbons (Fsp3) is 0.115. The molecule has 0 saturated carbocycles. The van der Waals surface area contributed by atoms with E-state index < -0.39 is 29.5 Å². The van der Waals surface area contributed by atoms with E-state index in [0.717, 1.165) is 17.0 Å². The van der Waals surface area contributed by atoms with Crippen LogP contribution in [0.4, 0.5) is 23.7 Å². The minimum Gasteiger partial charge on any atom is -0.497 e. The minimum absolute atomic E-state index is 0.0195. The molecule has 4 aromatic rings. The molecule has 0 bridgehead atoms. The molecule has 1 aliphatic rings. The molecule has 5 rings (SSSR count). The zero-order chi connectivity index (χ0) is 25.4. The van der Waals surface area contributed by atoms with Crippen LogP contribution in [0.2, 0.25) is 0 Å². The molecule has 1 N–H and O–H groups in total. The zero-order valence-electron chi connectivity index (χ0n) is 19.1. The molecule has 0 fully saturated rings. The van der Waals surface area contributed by atoms with E-state index in [2.05, 4.69) is 15.5 Å². The fourth-order valence-corrected chi connectivity index (χ4v) is 4.15. The Bertz CT molecular complexity index is 1480. The number of amides is 2. The molecule has 0 spiro atoms. The van der Waals surface area contributed by atoms with E-state index in [4.69, 9.17) is 9.26 Å². The number of rotatable bonds is 5. The Balaban J connectivity index is 1.68. The first-order valence-corrected chi connectivity index (χ1v) is 10.9. The lowest BCUT2D eigenvalue weighted by atomic mass is 9.94. The molecule has 182 valence electrons. The van der Waals surface area contributed by atoms with Gasteiger partial charge in [0.2, 0.25) is 5.82 Å². The lowest BCUT2D eigenvalue weighted by Crippen LogP contribution is -2.46. The van der Waals surface area contributed by atoms with Crippen molar-refractivity contribution in [2.75, 3.05) is 12.0 Å². The van der Waals surface area contributed by atoms with Crippen molar-refractivity contribution in [1.29, 1.82) is 0 Å². The molecule has 1 aliphatic heterocycles. The van der Waals surface area contributed by atoms with Gasteiger partial charge in [0.15, 0.2) is 0 Å². The molecule has 2 heterocycles. The van der Waals surface area contributed by atoms with E-state index in [1.165, 1.54) is 25.3 Å². The van der Waals surface area contributed by atoms with Crippen molar-refractivity contribution >= 4 is 17.3 Å². The topological polar surface area (TPSA) is 80.5 Å².